The molecule has 0 radical (unpaired) electrons. The molecule has 6 heteroatoms. The van der Waals surface area contributed by atoms with Gasteiger partial charge in [0.1, 0.15) is 0 Å². The van der Waals surface area contributed by atoms with Crippen LogP contribution < -0.4 is 0 Å². The van der Waals surface area contributed by atoms with Crippen molar-refractivity contribution in [2.45, 2.75) is 25.2 Å². The summed E-state index contributed by atoms with van der Waals surface area (Å²) in [4.78, 5) is 14.9. The van der Waals surface area contributed by atoms with Crippen molar-refractivity contribution in [3.8, 4) is 0 Å². The first-order valence-electron chi connectivity index (χ1n) is 8.38. The third kappa shape index (κ3) is 3.07. The molecule has 0 bridgehead atoms. The average Bonchev–Trinajstić information content (AvgIpc) is 3.14. The number of rotatable bonds is 3. The molecule has 0 N–H and O–H groups in total. The fourth-order valence-electron chi connectivity index (χ4n) is 3.41. The zero-order chi connectivity index (χ0) is 16.4. The van der Waals surface area contributed by atoms with Crippen molar-refractivity contribution in [2.24, 2.45) is 0 Å². The summed E-state index contributed by atoms with van der Waals surface area (Å²) in [5.41, 5.74) is 2.22. The number of carbonyl (C=O) groups is 1. The minimum atomic E-state index is -0.488. The second-order valence-corrected chi connectivity index (χ2v) is 6.20. The van der Waals surface area contributed by atoms with Gasteiger partial charge in [-0.1, -0.05) is 24.3 Å². The maximum Gasteiger partial charge on any atom is 0.256 e. The summed E-state index contributed by atoms with van der Waals surface area (Å²) in [5.74, 6) is 0.0379. The van der Waals surface area contributed by atoms with Crippen LogP contribution >= 0.6 is 0 Å². The first-order valence-corrected chi connectivity index (χ1v) is 8.38. The number of carbonyl (C=O) groups excluding carboxylic acids is 1. The predicted molar refractivity (Wildman–Crippen MR) is 87.4 cm³/mol. The Kier molecular flexibility index (Phi) is 4.32. The number of hydrogen-bond acceptors (Lipinski definition) is 4. The molecule has 2 unspecified atom stereocenters. The summed E-state index contributed by atoms with van der Waals surface area (Å²) in [6.45, 7) is 2.97. The zero-order valence-electron chi connectivity index (χ0n) is 13.5. The number of nitrogens with zero attached hydrogens (tertiary/aromatic N) is 3. The molecule has 2 aliphatic rings. The number of morpholine rings is 1. The Hall–Kier alpha value is -2.18. The second-order valence-electron chi connectivity index (χ2n) is 6.20. The van der Waals surface area contributed by atoms with Crippen LogP contribution in [0.2, 0.25) is 0 Å². The van der Waals surface area contributed by atoms with E-state index in [1.54, 1.807) is 6.20 Å². The van der Waals surface area contributed by atoms with Crippen LogP contribution in [-0.4, -0.2) is 53.0 Å². The number of ether oxygens (including phenoxy) is 2. The minimum Gasteiger partial charge on any atom is -0.373 e. The summed E-state index contributed by atoms with van der Waals surface area (Å²) in [7, 11) is 0. The van der Waals surface area contributed by atoms with Gasteiger partial charge in [0.15, 0.2) is 6.10 Å². The first kappa shape index (κ1) is 15.4. The third-order valence-electron chi connectivity index (χ3n) is 4.62. The van der Waals surface area contributed by atoms with Crippen molar-refractivity contribution in [3.63, 3.8) is 0 Å². The van der Waals surface area contributed by atoms with Crippen molar-refractivity contribution in [3.05, 3.63) is 53.9 Å². The lowest BCUT2D eigenvalue weighted by molar-refractivity contribution is -0.153. The van der Waals surface area contributed by atoms with E-state index in [0.717, 1.165) is 12.0 Å². The van der Waals surface area contributed by atoms with Crippen LogP contribution in [0.1, 0.15) is 17.2 Å². The van der Waals surface area contributed by atoms with Crippen LogP contribution in [0.3, 0.4) is 0 Å². The van der Waals surface area contributed by atoms with Crippen LogP contribution in [0.5, 0.6) is 0 Å². The van der Waals surface area contributed by atoms with Crippen molar-refractivity contribution < 1.29 is 14.3 Å². The van der Waals surface area contributed by atoms with Gasteiger partial charge in [0.2, 0.25) is 0 Å². The molecular weight excluding hydrogens is 306 g/mol. The molecule has 1 saturated heterocycles. The second kappa shape index (κ2) is 6.75. The molecule has 6 nitrogen and oxygen atoms in total. The first-order chi connectivity index (χ1) is 11.8. The van der Waals surface area contributed by atoms with Crippen LogP contribution in [0, 0.1) is 0 Å². The molecule has 3 heterocycles. The SMILES string of the molecule is O=C(C1OCCc2ccccc21)N1CCOC(Cn2cccn2)C1. The quantitative estimate of drug-likeness (QED) is 0.856. The Morgan fingerprint density at radius 1 is 1.21 bits per heavy atom. The standard InChI is InChI=1S/C18H21N3O3/c22-18(17-16-5-2-1-4-14(16)6-10-24-17)20-9-11-23-15(12-20)13-21-8-3-7-19-21/h1-5,7-8,15,17H,6,9-13H2. The summed E-state index contributed by atoms with van der Waals surface area (Å²) in [6.07, 6.45) is 3.99. The van der Waals surface area contributed by atoms with Gasteiger partial charge in [0.05, 0.1) is 25.9 Å². The lowest BCUT2D eigenvalue weighted by Gasteiger charge is -2.36. The Bertz CT molecular complexity index is 701. The minimum absolute atomic E-state index is 0.0379. The largest absolute Gasteiger partial charge is 0.373 e. The van der Waals surface area contributed by atoms with Gasteiger partial charge in [0, 0.05) is 25.5 Å². The molecular formula is C18H21N3O3. The lowest BCUT2D eigenvalue weighted by Crippen LogP contribution is -2.49. The van der Waals surface area contributed by atoms with Gasteiger partial charge in [-0.05, 0) is 23.6 Å². The number of hydrogen-bond donors (Lipinski definition) is 0. The Morgan fingerprint density at radius 2 is 2.12 bits per heavy atom. The van der Waals surface area contributed by atoms with E-state index in [-0.39, 0.29) is 12.0 Å². The highest BCUT2D eigenvalue weighted by Gasteiger charge is 2.33. The van der Waals surface area contributed by atoms with Gasteiger partial charge in [-0.25, -0.2) is 0 Å². The molecule has 126 valence electrons. The van der Waals surface area contributed by atoms with E-state index >= 15 is 0 Å². The van der Waals surface area contributed by atoms with E-state index in [1.165, 1.54) is 5.56 Å². The molecule has 1 aromatic carbocycles. The summed E-state index contributed by atoms with van der Waals surface area (Å²) < 4.78 is 13.4. The van der Waals surface area contributed by atoms with Crippen molar-refractivity contribution >= 4 is 5.91 Å². The molecule has 1 amide bonds. The molecule has 24 heavy (non-hydrogen) atoms. The number of fused-ring (bicyclic) bond motifs is 1. The van der Waals surface area contributed by atoms with E-state index in [4.69, 9.17) is 9.47 Å². The molecule has 0 aliphatic carbocycles. The van der Waals surface area contributed by atoms with E-state index < -0.39 is 6.10 Å². The summed E-state index contributed by atoms with van der Waals surface area (Å²) in [5, 5.41) is 4.21. The third-order valence-corrected chi connectivity index (χ3v) is 4.62. The van der Waals surface area contributed by atoms with Crippen molar-refractivity contribution in [1.29, 1.82) is 0 Å². The average molecular weight is 327 g/mol. The predicted octanol–water partition coefficient (Wildman–Crippen LogP) is 1.42. The Labute approximate surface area is 141 Å². The highest BCUT2D eigenvalue weighted by molar-refractivity contribution is 5.83. The molecule has 2 aliphatic heterocycles. The molecule has 2 atom stereocenters. The highest BCUT2D eigenvalue weighted by Crippen LogP contribution is 2.29. The number of aromatic nitrogens is 2. The topological polar surface area (TPSA) is 56.6 Å². The fraction of sp³-hybridized carbons (Fsp3) is 0.444. The van der Waals surface area contributed by atoms with Gasteiger partial charge in [-0.15, -0.1) is 0 Å². The molecule has 1 fully saturated rings. The Balaban J connectivity index is 1.46. The number of amides is 1. The van der Waals surface area contributed by atoms with Gasteiger partial charge < -0.3 is 14.4 Å². The van der Waals surface area contributed by atoms with Gasteiger partial charge in [-0.2, -0.15) is 5.10 Å². The van der Waals surface area contributed by atoms with E-state index in [9.17, 15) is 4.79 Å². The van der Waals surface area contributed by atoms with Crippen LogP contribution in [0.25, 0.3) is 0 Å². The number of benzene rings is 1. The maximum absolute atomic E-state index is 13.0. The lowest BCUT2D eigenvalue weighted by atomic mass is 9.96. The molecule has 0 saturated carbocycles. The molecule has 4 rings (SSSR count). The maximum atomic E-state index is 13.0. The normalized spacial score (nSPS) is 23.8. The van der Waals surface area contributed by atoms with E-state index in [2.05, 4.69) is 11.2 Å². The molecule has 1 aromatic heterocycles. The van der Waals surface area contributed by atoms with E-state index in [0.29, 0.717) is 32.8 Å². The fourth-order valence-corrected chi connectivity index (χ4v) is 3.41. The van der Waals surface area contributed by atoms with Crippen LogP contribution in [0.15, 0.2) is 42.7 Å². The summed E-state index contributed by atoms with van der Waals surface area (Å²) >= 11 is 0. The van der Waals surface area contributed by atoms with Crippen LogP contribution in [-0.2, 0) is 27.2 Å². The van der Waals surface area contributed by atoms with Crippen LogP contribution in [0.4, 0.5) is 0 Å². The Morgan fingerprint density at radius 3 is 3.00 bits per heavy atom. The van der Waals surface area contributed by atoms with E-state index in [1.807, 2.05) is 40.0 Å². The zero-order valence-corrected chi connectivity index (χ0v) is 13.5. The molecule has 0 spiro atoms. The van der Waals surface area contributed by atoms with Gasteiger partial charge >= 0.3 is 0 Å². The van der Waals surface area contributed by atoms with Gasteiger partial charge in [-0.3, -0.25) is 9.48 Å². The monoisotopic (exact) mass is 327 g/mol. The molecule has 2 aromatic rings. The smallest absolute Gasteiger partial charge is 0.256 e. The summed E-state index contributed by atoms with van der Waals surface area (Å²) in [6, 6.07) is 9.95. The van der Waals surface area contributed by atoms with Crippen molar-refractivity contribution in [2.75, 3.05) is 26.3 Å². The highest BCUT2D eigenvalue weighted by atomic mass is 16.5. The van der Waals surface area contributed by atoms with Gasteiger partial charge in [0.25, 0.3) is 5.91 Å². The van der Waals surface area contributed by atoms with Crippen molar-refractivity contribution in [1.82, 2.24) is 14.7 Å².